The van der Waals surface area contributed by atoms with Crippen molar-refractivity contribution in [3.63, 3.8) is 0 Å². The van der Waals surface area contributed by atoms with E-state index in [4.69, 9.17) is 5.11 Å². The van der Waals surface area contributed by atoms with Gasteiger partial charge in [-0.05, 0) is 36.5 Å². The summed E-state index contributed by atoms with van der Waals surface area (Å²) in [6.45, 7) is 2.75. The van der Waals surface area contributed by atoms with E-state index in [1.54, 1.807) is 0 Å². The van der Waals surface area contributed by atoms with Crippen molar-refractivity contribution in [2.24, 2.45) is 17.3 Å². The van der Waals surface area contributed by atoms with Crippen molar-refractivity contribution < 1.29 is 5.11 Å². The quantitative estimate of drug-likeness (QED) is 0.672. The van der Waals surface area contributed by atoms with Crippen LogP contribution < -0.4 is 0 Å². The minimum atomic E-state index is 0.441. The predicted molar refractivity (Wildman–Crippen MR) is 49.9 cm³/mol. The molecule has 0 aromatic heterocycles. The average molecular weight is 168 g/mol. The van der Waals surface area contributed by atoms with Crippen molar-refractivity contribution in [1.82, 2.24) is 0 Å². The van der Waals surface area contributed by atoms with Gasteiger partial charge in [-0.25, -0.2) is 0 Å². The zero-order valence-electron chi connectivity index (χ0n) is 8.05. The smallest absolute Gasteiger partial charge is 0.0464 e. The van der Waals surface area contributed by atoms with E-state index in [1.807, 2.05) is 0 Å². The van der Waals surface area contributed by atoms with Crippen LogP contribution in [0.2, 0.25) is 0 Å². The lowest BCUT2D eigenvalue weighted by atomic mass is 9.73. The van der Waals surface area contributed by atoms with Gasteiger partial charge >= 0.3 is 0 Å². The second-order valence-electron chi connectivity index (χ2n) is 4.67. The molecule has 12 heavy (non-hydrogen) atoms. The summed E-state index contributed by atoms with van der Waals surface area (Å²) in [5, 5.41) is 9.14. The first-order chi connectivity index (χ1) is 5.83. The zero-order chi connectivity index (χ0) is 8.60. The van der Waals surface area contributed by atoms with Crippen LogP contribution in [0.5, 0.6) is 0 Å². The monoisotopic (exact) mass is 168 g/mol. The third kappa shape index (κ3) is 1.10. The topological polar surface area (TPSA) is 20.2 Å². The van der Waals surface area contributed by atoms with E-state index in [1.165, 1.54) is 38.5 Å². The van der Waals surface area contributed by atoms with Crippen molar-refractivity contribution in [1.29, 1.82) is 0 Å². The lowest BCUT2D eigenvalue weighted by Gasteiger charge is -2.32. The van der Waals surface area contributed by atoms with Gasteiger partial charge in [0.15, 0.2) is 0 Å². The fourth-order valence-corrected chi connectivity index (χ4v) is 3.40. The summed E-state index contributed by atoms with van der Waals surface area (Å²) >= 11 is 0. The summed E-state index contributed by atoms with van der Waals surface area (Å²) in [4.78, 5) is 0. The highest BCUT2D eigenvalue weighted by molar-refractivity contribution is 5.06. The van der Waals surface area contributed by atoms with Gasteiger partial charge in [-0.3, -0.25) is 0 Å². The molecule has 2 fully saturated rings. The summed E-state index contributed by atoms with van der Waals surface area (Å²) in [5.41, 5.74) is 0.613. The van der Waals surface area contributed by atoms with Gasteiger partial charge in [0.1, 0.15) is 0 Å². The molecule has 0 aromatic carbocycles. The number of aliphatic hydroxyl groups is 1. The fourth-order valence-electron chi connectivity index (χ4n) is 3.40. The SMILES string of the molecule is CCC1CCCCC12CC2CO. The molecule has 0 amide bonds. The highest BCUT2D eigenvalue weighted by Gasteiger charge is 2.57. The maximum absolute atomic E-state index is 9.14. The van der Waals surface area contributed by atoms with E-state index in [9.17, 15) is 0 Å². The third-order valence-electron chi connectivity index (χ3n) is 4.25. The van der Waals surface area contributed by atoms with E-state index >= 15 is 0 Å². The molecule has 3 unspecified atom stereocenters. The molecular formula is C11H20O. The van der Waals surface area contributed by atoms with Crippen LogP contribution in [0.1, 0.15) is 45.4 Å². The minimum Gasteiger partial charge on any atom is -0.396 e. The van der Waals surface area contributed by atoms with Crippen LogP contribution in [0.25, 0.3) is 0 Å². The Balaban J connectivity index is 2.02. The molecule has 0 aliphatic heterocycles. The average Bonchev–Trinajstić information content (AvgIpc) is 2.81. The Morgan fingerprint density at radius 2 is 2.17 bits per heavy atom. The van der Waals surface area contributed by atoms with Crippen LogP contribution in [0, 0.1) is 17.3 Å². The first-order valence-corrected chi connectivity index (χ1v) is 5.44. The van der Waals surface area contributed by atoms with Crippen molar-refractivity contribution in [2.45, 2.75) is 45.4 Å². The largest absolute Gasteiger partial charge is 0.396 e. The van der Waals surface area contributed by atoms with Gasteiger partial charge in [0, 0.05) is 6.61 Å². The Bertz CT molecular complexity index is 166. The second kappa shape index (κ2) is 3.02. The van der Waals surface area contributed by atoms with Crippen LogP contribution in [0.4, 0.5) is 0 Å². The van der Waals surface area contributed by atoms with E-state index in [0.717, 1.165) is 5.92 Å². The van der Waals surface area contributed by atoms with Crippen LogP contribution in [-0.2, 0) is 0 Å². The minimum absolute atomic E-state index is 0.441. The van der Waals surface area contributed by atoms with Gasteiger partial charge in [-0.1, -0.05) is 26.2 Å². The predicted octanol–water partition coefficient (Wildman–Crippen LogP) is 2.59. The zero-order valence-corrected chi connectivity index (χ0v) is 8.05. The molecule has 0 aromatic rings. The lowest BCUT2D eigenvalue weighted by Crippen LogP contribution is -2.23. The molecule has 2 rings (SSSR count). The Labute approximate surface area is 75.2 Å². The molecule has 70 valence electrons. The van der Waals surface area contributed by atoms with Gasteiger partial charge < -0.3 is 5.11 Å². The highest BCUT2D eigenvalue weighted by Crippen LogP contribution is 2.64. The van der Waals surface area contributed by atoms with Crippen molar-refractivity contribution in [3.05, 3.63) is 0 Å². The molecule has 0 radical (unpaired) electrons. The molecule has 2 saturated carbocycles. The van der Waals surface area contributed by atoms with Gasteiger partial charge in [0.05, 0.1) is 0 Å². The molecule has 0 heterocycles. The standard InChI is InChI=1S/C11H20O/c1-2-9-5-3-4-6-11(9)7-10(11)8-12/h9-10,12H,2-8H2,1H3. The maximum atomic E-state index is 9.14. The summed E-state index contributed by atoms with van der Waals surface area (Å²) in [6, 6.07) is 0. The Kier molecular flexibility index (Phi) is 2.16. The van der Waals surface area contributed by atoms with Gasteiger partial charge in [-0.15, -0.1) is 0 Å². The van der Waals surface area contributed by atoms with Crippen molar-refractivity contribution in [2.75, 3.05) is 6.61 Å². The Morgan fingerprint density at radius 3 is 2.75 bits per heavy atom. The maximum Gasteiger partial charge on any atom is 0.0464 e. The van der Waals surface area contributed by atoms with E-state index in [0.29, 0.717) is 17.9 Å². The van der Waals surface area contributed by atoms with E-state index < -0.39 is 0 Å². The van der Waals surface area contributed by atoms with E-state index in [-0.39, 0.29) is 0 Å². The fraction of sp³-hybridized carbons (Fsp3) is 1.00. The number of aliphatic hydroxyl groups excluding tert-OH is 1. The third-order valence-corrected chi connectivity index (χ3v) is 4.25. The first-order valence-electron chi connectivity index (χ1n) is 5.44. The van der Waals surface area contributed by atoms with Gasteiger partial charge in [0.25, 0.3) is 0 Å². The van der Waals surface area contributed by atoms with Crippen LogP contribution in [0.15, 0.2) is 0 Å². The molecule has 2 aliphatic rings. The molecule has 1 N–H and O–H groups in total. The molecule has 0 saturated heterocycles. The molecule has 1 heteroatoms. The van der Waals surface area contributed by atoms with Crippen LogP contribution >= 0.6 is 0 Å². The molecule has 2 aliphatic carbocycles. The summed E-state index contributed by atoms with van der Waals surface area (Å²) in [7, 11) is 0. The molecular weight excluding hydrogens is 148 g/mol. The second-order valence-corrected chi connectivity index (χ2v) is 4.67. The summed E-state index contributed by atoms with van der Waals surface area (Å²) in [5.74, 6) is 1.60. The number of hydrogen-bond donors (Lipinski definition) is 1. The molecule has 3 atom stereocenters. The van der Waals surface area contributed by atoms with Crippen LogP contribution in [-0.4, -0.2) is 11.7 Å². The number of rotatable bonds is 2. The van der Waals surface area contributed by atoms with E-state index in [2.05, 4.69) is 6.92 Å². The van der Waals surface area contributed by atoms with Crippen molar-refractivity contribution in [3.8, 4) is 0 Å². The number of hydrogen-bond acceptors (Lipinski definition) is 1. The summed E-state index contributed by atoms with van der Waals surface area (Å²) in [6.07, 6.45) is 8.31. The van der Waals surface area contributed by atoms with Crippen LogP contribution in [0.3, 0.4) is 0 Å². The normalized spacial score (nSPS) is 46.5. The van der Waals surface area contributed by atoms with Gasteiger partial charge in [-0.2, -0.15) is 0 Å². The summed E-state index contributed by atoms with van der Waals surface area (Å²) < 4.78 is 0. The molecule has 1 nitrogen and oxygen atoms in total. The Morgan fingerprint density at radius 1 is 1.33 bits per heavy atom. The molecule has 0 bridgehead atoms. The van der Waals surface area contributed by atoms with Gasteiger partial charge in [0.2, 0.25) is 0 Å². The highest BCUT2D eigenvalue weighted by atomic mass is 16.3. The lowest BCUT2D eigenvalue weighted by molar-refractivity contribution is 0.156. The molecule has 1 spiro atoms. The first kappa shape index (κ1) is 8.55. The Hall–Kier alpha value is -0.0400. The van der Waals surface area contributed by atoms with Crippen molar-refractivity contribution >= 4 is 0 Å².